The van der Waals surface area contributed by atoms with Gasteiger partial charge in [-0.05, 0) is 38.3 Å². The second-order valence-electron chi connectivity index (χ2n) is 4.64. The normalized spacial score (nSPS) is 26.7. The third-order valence-corrected chi connectivity index (χ3v) is 3.54. The molecule has 2 atom stereocenters. The van der Waals surface area contributed by atoms with Gasteiger partial charge in [-0.15, -0.1) is 0 Å². The Balaban J connectivity index is 2.38. The van der Waals surface area contributed by atoms with Crippen molar-refractivity contribution in [1.82, 2.24) is 10.2 Å². The third kappa shape index (κ3) is 3.76. The first-order valence-corrected chi connectivity index (χ1v) is 6.40. The van der Waals surface area contributed by atoms with Crippen LogP contribution in [-0.2, 0) is 4.79 Å². The molecule has 0 aliphatic carbocycles. The molecule has 0 radical (unpaired) electrons. The average molecular weight is 227 g/mol. The molecule has 16 heavy (non-hydrogen) atoms. The van der Waals surface area contributed by atoms with Crippen molar-refractivity contribution in [1.29, 1.82) is 0 Å². The van der Waals surface area contributed by atoms with Crippen LogP contribution in [0, 0.1) is 11.8 Å². The van der Waals surface area contributed by atoms with Gasteiger partial charge in [0.15, 0.2) is 0 Å². The van der Waals surface area contributed by atoms with Crippen molar-refractivity contribution in [2.45, 2.75) is 26.7 Å². The van der Waals surface area contributed by atoms with E-state index in [0.717, 1.165) is 39.0 Å². The van der Waals surface area contributed by atoms with Crippen LogP contribution < -0.4 is 11.1 Å². The number of nitrogens with zero attached hydrogens (tertiary/aromatic N) is 1. The zero-order chi connectivity index (χ0) is 12.0. The van der Waals surface area contributed by atoms with Gasteiger partial charge in [0.25, 0.3) is 0 Å². The summed E-state index contributed by atoms with van der Waals surface area (Å²) < 4.78 is 0. The molecule has 0 bridgehead atoms. The molecular weight excluding hydrogens is 202 g/mol. The van der Waals surface area contributed by atoms with Gasteiger partial charge in [-0.2, -0.15) is 0 Å². The molecule has 0 spiro atoms. The Morgan fingerprint density at radius 2 is 2.19 bits per heavy atom. The molecule has 0 aromatic heterocycles. The molecule has 4 heteroatoms. The summed E-state index contributed by atoms with van der Waals surface area (Å²) in [5.41, 5.74) is 5.77. The number of hydrogen-bond donors (Lipinski definition) is 2. The Kier molecular flexibility index (Phi) is 5.77. The first-order chi connectivity index (χ1) is 7.71. The zero-order valence-corrected chi connectivity index (χ0v) is 10.5. The summed E-state index contributed by atoms with van der Waals surface area (Å²) in [5.74, 6) is 1.45. The van der Waals surface area contributed by atoms with Crippen LogP contribution in [0.1, 0.15) is 26.7 Å². The lowest BCUT2D eigenvalue weighted by Gasteiger charge is -2.37. The van der Waals surface area contributed by atoms with Crippen molar-refractivity contribution in [3.05, 3.63) is 0 Å². The fraction of sp³-hybridized carbons (Fsp3) is 0.917. The van der Waals surface area contributed by atoms with Gasteiger partial charge in [0, 0.05) is 13.1 Å². The second-order valence-corrected chi connectivity index (χ2v) is 4.64. The number of nitrogens with two attached hydrogens (primary N) is 1. The molecule has 1 aliphatic rings. The van der Waals surface area contributed by atoms with Crippen LogP contribution in [-0.4, -0.2) is 43.5 Å². The number of amides is 1. The Bertz CT molecular complexity index is 220. The molecule has 1 fully saturated rings. The lowest BCUT2D eigenvalue weighted by Crippen LogP contribution is -2.46. The summed E-state index contributed by atoms with van der Waals surface area (Å²) in [6.07, 6.45) is 2.29. The van der Waals surface area contributed by atoms with Crippen molar-refractivity contribution in [3.63, 3.8) is 0 Å². The minimum Gasteiger partial charge on any atom is -0.355 e. The average Bonchev–Trinajstić information content (AvgIpc) is 2.29. The molecule has 1 amide bonds. The van der Waals surface area contributed by atoms with Gasteiger partial charge < -0.3 is 11.1 Å². The SMILES string of the molecule is CCNC(=O)CN1CCC(CN)C(CC)C1. The number of hydrogen-bond acceptors (Lipinski definition) is 3. The van der Waals surface area contributed by atoms with Crippen LogP contribution in [0.3, 0.4) is 0 Å². The minimum atomic E-state index is 0.142. The maximum atomic E-state index is 11.5. The maximum Gasteiger partial charge on any atom is 0.234 e. The fourth-order valence-electron chi connectivity index (χ4n) is 2.53. The van der Waals surface area contributed by atoms with Crippen molar-refractivity contribution in [2.75, 3.05) is 32.7 Å². The summed E-state index contributed by atoms with van der Waals surface area (Å²) in [4.78, 5) is 13.7. The van der Waals surface area contributed by atoms with E-state index in [0.29, 0.717) is 18.4 Å². The summed E-state index contributed by atoms with van der Waals surface area (Å²) in [6.45, 7) is 8.24. The summed E-state index contributed by atoms with van der Waals surface area (Å²) in [7, 11) is 0. The highest BCUT2D eigenvalue weighted by Crippen LogP contribution is 2.24. The number of likely N-dealkylation sites (N-methyl/N-ethyl adjacent to an activating group) is 1. The Hall–Kier alpha value is -0.610. The van der Waals surface area contributed by atoms with E-state index in [9.17, 15) is 4.79 Å². The minimum absolute atomic E-state index is 0.142. The van der Waals surface area contributed by atoms with Crippen LogP contribution in [0.5, 0.6) is 0 Å². The number of likely N-dealkylation sites (tertiary alicyclic amines) is 1. The Labute approximate surface area is 98.6 Å². The van der Waals surface area contributed by atoms with Gasteiger partial charge >= 0.3 is 0 Å². The van der Waals surface area contributed by atoms with Gasteiger partial charge in [-0.3, -0.25) is 9.69 Å². The molecule has 0 aromatic carbocycles. The Morgan fingerprint density at radius 1 is 1.44 bits per heavy atom. The van der Waals surface area contributed by atoms with E-state index in [1.165, 1.54) is 0 Å². The standard InChI is InChI=1S/C12H25N3O/c1-3-10-8-15(6-5-11(10)7-13)9-12(16)14-4-2/h10-11H,3-9,13H2,1-2H3,(H,14,16). The molecule has 1 saturated heterocycles. The van der Waals surface area contributed by atoms with Crippen LogP contribution in [0.2, 0.25) is 0 Å². The summed E-state index contributed by atoms with van der Waals surface area (Å²) >= 11 is 0. The highest BCUT2D eigenvalue weighted by Gasteiger charge is 2.27. The van der Waals surface area contributed by atoms with E-state index >= 15 is 0 Å². The number of carbonyl (C=O) groups is 1. The quantitative estimate of drug-likeness (QED) is 0.716. The summed E-state index contributed by atoms with van der Waals surface area (Å²) in [5, 5.41) is 2.85. The van der Waals surface area contributed by atoms with E-state index in [-0.39, 0.29) is 5.91 Å². The number of piperidine rings is 1. The van der Waals surface area contributed by atoms with Crippen molar-refractivity contribution < 1.29 is 4.79 Å². The Morgan fingerprint density at radius 3 is 2.75 bits per heavy atom. The van der Waals surface area contributed by atoms with E-state index in [1.807, 2.05) is 6.92 Å². The van der Waals surface area contributed by atoms with Crippen LogP contribution >= 0.6 is 0 Å². The molecule has 0 aromatic rings. The molecule has 3 N–H and O–H groups in total. The molecular formula is C12H25N3O. The van der Waals surface area contributed by atoms with Crippen LogP contribution in [0.15, 0.2) is 0 Å². The van der Waals surface area contributed by atoms with Gasteiger partial charge in [0.05, 0.1) is 6.54 Å². The van der Waals surface area contributed by atoms with Gasteiger partial charge in [-0.25, -0.2) is 0 Å². The van der Waals surface area contributed by atoms with E-state index in [1.54, 1.807) is 0 Å². The van der Waals surface area contributed by atoms with Gasteiger partial charge in [0.1, 0.15) is 0 Å². The van der Waals surface area contributed by atoms with E-state index in [2.05, 4.69) is 17.1 Å². The first kappa shape index (κ1) is 13.5. The highest BCUT2D eigenvalue weighted by atomic mass is 16.2. The number of carbonyl (C=O) groups excluding carboxylic acids is 1. The van der Waals surface area contributed by atoms with Crippen molar-refractivity contribution >= 4 is 5.91 Å². The molecule has 1 aliphatic heterocycles. The molecule has 4 nitrogen and oxygen atoms in total. The van der Waals surface area contributed by atoms with E-state index in [4.69, 9.17) is 5.73 Å². The highest BCUT2D eigenvalue weighted by molar-refractivity contribution is 5.77. The summed E-state index contributed by atoms with van der Waals surface area (Å²) in [6, 6.07) is 0. The number of rotatable bonds is 5. The maximum absolute atomic E-state index is 11.5. The van der Waals surface area contributed by atoms with E-state index < -0.39 is 0 Å². The predicted molar refractivity (Wildman–Crippen MR) is 66.1 cm³/mol. The topological polar surface area (TPSA) is 58.4 Å². The smallest absolute Gasteiger partial charge is 0.234 e. The lowest BCUT2D eigenvalue weighted by atomic mass is 9.84. The first-order valence-electron chi connectivity index (χ1n) is 6.40. The van der Waals surface area contributed by atoms with Crippen LogP contribution in [0.4, 0.5) is 0 Å². The zero-order valence-electron chi connectivity index (χ0n) is 10.5. The van der Waals surface area contributed by atoms with Crippen molar-refractivity contribution in [2.24, 2.45) is 17.6 Å². The molecule has 0 saturated carbocycles. The monoisotopic (exact) mass is 227 g/mol. The number of nitrogens with one attached hydrogen (secondary N) is 1. The largest absolute Gasteiger partial charge is 0.355 e. The van der Waals surface area contributed by atoms with Gasteiger partial charge in [-0.1, -0.05) is 13.3 Å². The third-order valence-electron chi connectivity index (χ3n) is 3.54. The molecule has 2 unspecified atom stereocenters. The molecule has 1 heterocycles. The lowest BCUT2D eigenvalue weighted by molar-refractivity contribution is -0.122. The van der Waals surface area contributed by atoms with Gasteiger partial charge in [0.2, 0.25) is 5.91 Å². The molecule has 94 valence electrons. The van der Waals surface area contributed by atoms with Crippen LogP contribution in [0.25, 0.3) is 0 Å². The fourth-order valence-corrected chi connectivity index (χ4v) is 2.53. The second kappa shape index (κ2) is 6.86. The molecule has 1 rings (SSSR count). The predicted octanol–water partition coefficient (Wildman–Crippen LogP) is 0.429. The van der Waals surface area contributed by atoms with Crippen molar-refractivity contribution in [3.8, 4) is 0 Å².